The monoisotopic (exact) mass is 510 g/mol. The Hall–Kier alpha value is -0.420. The molecule has 0 saturated carbocycles. The summed E-state index contributed by atoms with van der Waals surface area (Å²) in [4.78, 5) is 10.8. The molecular weight excluding hydrogens is 475 g/mol. The molecule has 1 fully saturated rings. The highest BCUT2D eigenvalue weighted by Crippen LogP contribution is 2.13. The number of ether oxygens (including phenoxy) is 1. The normalized spacial score (nSPS) is 17.1. The van der Waals surface area contributed by atoms with E-state index in [-0.39, 0.29) is 24.0 Å². The van der Waals surface area contributed by atoms with Crippen LogP contribution in [0.4, 0.5) is 0 Å². The summed E-state index contributed by atoms with van der Waals surface area (Å²) < 4.78 is 5.50. The van der Waals surface area contributed by atoms with Gasteiger partial charge >= 0.3 is 0 Å². The average Bonchev–Trinajstić information content (AvgIpc) is 3.12. The maximum Gasteiger partial charge on any atom is 0.194 e. The molecule has 1 unspecified atom stereocenters. The fourth-order valence-corrected chi connectivity index (χ4v) is 3.60. The lowest BCUT2D eigenvalue weighted by molar-refractivity contribution is 0.0300. The lowest BCUT2D eigenvalue weighted by atomic mass is 10.2. The van der Waals surface area contributed by atoms with Crippen LogP contribution >= 0.6 is 35.3 Å². The molecule has 0 aromatic carbocycles. The minimum Gasteiger partial charge on any atom is -0.389 e. The summed E-state index contributed by atoms with van der Waals surface area (Å²) in [6.07, 6.45) is -0.553. The molecule has 1 aromatic rings. The molecule has 2 heterocycles. The molecule has 2 rings (SSSR count). The third kappa shape index (κ3) is 9.56. The molecule has 1 aromatic heterocycles. The number of aliphatic hydroxyl groups excluding tert-OH is 1. The number of hydrogen-bond acceptors (Lipinski definition) is 5. The van der Waals surface area contributed by atoms with Gasteiger partial charge in [-0.2, -0.15) is 0 Å². The van der Waals surface area contributed by atoms with E-state index >= 15 is 0 Å². The van der Waals surface area contributed by atoms with Crippen molar-refractivity contribution in [1.82, 2.24) is 15.1 Å². The second-order valence-electron chi connectivity index (χ2n) is 7.12. The molecule has 0 aliphatic carbocycles. The molecule has 0 bridgehead atoms. The Morgan fingerprint density at radius 2 is 2.04 bits per heavy atom. The Morgan fingerprint density at radius 3 is 2.63 bits per heavy atom. The lowest BCUT2D eigenvalue weighted by Gasteiger charge is -2.36. The van der Waals surface area contributed by atoms with Crippen LogP contribution in [0.15, 0.2) is 22.5 Å². The SMILES string of the molecule is CCNC(=NCC(O)COCC(C)C)N1CCN(Cc2cccs2)CC1.I. The van der Waals surface area contributed by atoms with Gasteiger partial charge in [-0.25, -0.2) is 0 Å². The minimum absolute atomic E-state index is 0. The van der Waals surface area contributed by atoms with Gasteiger partial charge in [0.25, 0.3) is 0 Å². The summed E-state index contributed by atoms with van der Waals surface area (Å²) in [5.41, 5.74) is 0. The van der Waals surface area contributed by atoms with E-state index in [9.17, 15) is 5.11 Å². The van der Waals surface area contributed by atoms with Gasteiger partial charge in [0, 0.05) is 50.8 Å². The zero-order chi connectivity index (χ0) is 18.8. The van der Waals surface area contributed by atoms with E-state index in [0.717, 1.165) is 45.2 Å². The van der Waals surface area contributed by atoms with Gasteiger partial charge in [-0.1, -0.05) is 19.9 Å². The number of rotatable bonds is 9. The fourth-order valence-electron chi connectivity index (χ4n) is 2.85. The molecular formula is C19H35IN4O2S. The van der Waals surface area contributed by atoms with E-state index < -0.39 is 6.10 Å². The smallest absolute Gasteiger partial charge is 0.194 e. The summed E-state index contributed by atoms with van der Waals surface area (Å²) in [5.74, 6) is 1.37. The van der Waals surface area contributed by atoms with E-state index in [2.05, 4.69) is 58.4 Å². The predicted octanol–water partition coefficient (Wildman–Crippen LogP) is 2.48. The maximum atomic E-state index is 10.1. The lowest BCUT2D eigenvalue weighted by Crippen LogP contribution is -2.52. The number of nitrogens with zero attached hydrogens (tertiary/aromatic N) is 3. The van der Waals surface area contributed by atoms with Crippen molar-refractivity contribution in [2.45, 2.75) is 33.4 Å². The van der Waals surface area contributed by atoms with Gasteiger partial charge in [-0.05, 0) is 24.3 Å². The van der Waals surface area contributed by atoms with E-state index in [0.29, 0.717) is 25.7 Å². The number of guanidine groups is 1. The van der Waals surface area contributed by atoms with Crippen LogP contribution in [0.3, 0.4) is 0 Å². The Labute approximate surface area is 185 Å². The molecule has 1 aliphatic heterocycles. The summed E-state index contributed by atoms with van der Waals surface area (Å²) >= 11 is 1.82. The Balaban J connectivity index is 0.00000364. The topological polar surface area (TPSA) is 60.3 Å². The summed E-state index contributed by atoms with van der Waals surface area (Å²) in [7, 11) is 0. The summed E-state index contributed by atoms with van der Waals surface area (Å²) in [6.45, 7) is 13.5. The van der Waals surface area contributed by atoms with Crippen molar-refractivity contribution in [3.63, 3.8) is 0 Å². The molecule has 156 valence electrons. The zero-order valence-corrected chi connectivity index (χ0v) is 19.9. The Kier molecular flexibility index (Phi) is 12.5. The van der Waals surface area contributed by atoms with Crippen molar-refractivity contribution < 1.29 is 9.84 Å². The number of thiophene rings is 1. The Bertz CT molecular complexity index is 520. The van der Waals surface area contributed by atoms with Gasteiger partial charge in [-0.15, -0.1) is 35.3 Å². The molecule has 6 nitrogen and oxygen atoms in total. The molecule has 1 atom stereocenters. The van der Waals surface area contributed by atoms with Crippen molar-refractivity contribution in [2.24, 2.45) is 10.9 Å². The van der Waals surface area contributed by atoms with Crippen molar-refractivity contribution in [2.75, 3.05) is 52.5 Å². The van der Waals surface area contributed by atoms with Crippen LogP contribution in [0.2, 0.25) is 0 Å². The second kappa shape index (κ2) is 13.7. The highest BCUT2D eigenvalue weighted by molar-refractivity contribution is 14.0. The van der Waals surface area contributed by atoms with Crippen molar-refractivity contribution >= 4 is 41.3 Å². The molecule has 1 saturated heterocycles. The molecule has 1 aliphatic rings. The van der Waals surface area contributed by atoms with Crippen LogP contribution in [0, 0.1) is 5.92 Å². The second-order valence-corrected chi connectivity index (χ2v) is 8.15. The highest BCUT2D eigenvalue weighted by atomic mass is 127. The number of aliphatic hydroxyl groups is 1. The number of halogens is 1. The fraction of sp³-hybridized carbons (Fsp3) is 0.737. The Morgan fingerprint density at radius 1 is 1.30 bits per heavy atom. The van der Waals surface area contributed by atoms with Gasteiger partial charge in [-0.3, -0.25) is 9.89 Å². The van der Waals surface area contributed by atoms with Gasteiger partial charge in [0.15, 0.2) is 5.96 Å². The highest BCUT2D eigenvalue weighted by Gasteiger charge is 2.20. The maximum absolute atomic E-state index is 10.1. The van der Waals surface area contributed by atoms with Gasteiger partial charge < -0.3 is 20.1 Å². The van der Waals surface area contributed by atoms with E-state index in [1.54, 1.807) is 0 Å². The van der Waals surface area contributed by atoms with Crippen LogP contribution in [0.1, 0.15) is 25.6 Å². The van der Waals surface area contributed by atoms with Crippen molar-refractivity contribution in [1.29, 1.82) is 0 Å². The summed E-state index contributed by atoms with van der Waals surface area (Å²) in [5, 5.41) is 15.6. The van der Waals surface area contributed by atoms with Gasteiger partial charge in [0.1, 0.15) is 0 Å². The van der Waals surface area contributed by atoms with Gasteiger partial charge in [0.2, 0.25) is 0 Å². The van der Waals surface area contributed by atoms with E-state index in [1.165, 1.54) is 4.88 Å². The number of nitrogens with one attached hydrogen (secondary N) is 1. The third-order valence-electron chi connectivity index (χ3n) is 4.18. The van der Waals surface area contributed by atoms with Crippen LogP contribution < -0.4 is 5.32 Å². The first-order valence-electron chi connectivity index (χ1n) is 9.62. The van der Waals surface area contributed by atoms with Crippen molar-refractivity contribution in [3.8, 4) is 0 Å². The molecule has 8 heteroatoms. The zero-order valence-electron chi connectivity index (χ0n) is 16.8. The molecule has 2 N–H and O–H groups in total. The standard InChI is InChI=1S/C19H34N4O2S.HI/c1-4-20-19(21-12-17(24)15-25-14-16(2)3)23-9-7-22(8-10-23)13-18-6-5-11-26-18;/h5-6,11,16-17,24H,4,7-10,12-15H2,1-3H3,(H,20,21);1H. The number of hydrogen-bond donors (Lipinski definition) is 2. The summed E-state index contributed by atoms with van der Waals surface area (Å²) in [6, 6.07) is 4.31. The first kappa shape index (κ1) is 24.6. The minimum atomic E-state index is -0.553. The number of piperazine rings is 1. The first-order valence-corrected chi connectivity index (χ1v) is 10.5. The average molecular weight is 510 g/mol. The molecule has 27 heavy (non-hydrogen) atoms. The van der Waals surface area contributed by atoms with Crippen LogP contribution in [-0.4, -0.2) is 79.5 Å². The number of aliphatic imine (C=N–C) groups is 1. The molecule has 0 radical (unpaired) electrons. The van der Waals surface area contributed by atoms with Crippen LogP contribution in [0.25, 0.3) is 0 Å². The van der Waals surface area contributed by atoms with E-state index in [4.69, 9.17) is 4.74 Å². The van der Waals surface area contributed by atoms with Gasteiger partial charge in [0.05, 0.1) is 19.3 Å². The molecule has 0 amide bonds. The first-order chi connectivity index (χ1) is 12.6. The largest absolute Gasteiger partial charge is 0.389 e. The molecule has 0 spiro atoms. The van der Waals surface area contributed by atoms with Crippen molar-refractivity contribution in [3.05, 3.63) is 22.4 Å². The third-order valence-corrected chi connectivity index (χ3v) is 5.04. The quantitative estimate of drug-likeness (QED) is 0.304. The van der Waals surface area contributed by atoms with E-state index in [1.807, 2.05) is 11.3 Å². The van der Waals surface area contributed by atoms with Crippen LogP contribution in [0.5, 0.6) is 0 Å². The predicted molar refractivity (Wildman–Crippen MR) is 124 cm³/mol. The van der Waals surface area contributed by atoms with Crippen LogP contribution in [-0.2, 0) is 11.3 Å².